The second-order valence-corrected chi connectivity index (χ2v) is 5.13. The summed E-state index contributed by atoms with van der Waals surface area (Å²) in [4.78, 5) is 2.51. The first kappa shape index (κ1) is 11.4. The van der Waals surface area contributed by atoms with Crippen LogP contribution in [0, 0.1) is 11.8 Å². The zero-order chi connectivity index (χ0) is 10.7. The van der Waals surface area contributed by atoms with Crippen molar-refractivity contribution in [2.24, 2.45) is 11.8 Å². The van der Waals surface area contributed by atoms with E-state index in [1.54, 1.807) is 0 Å². The molecule has 3 atom stereocenters. The van der Waals surface area contributed by atoms with E-state index in [4.69, 9.17) is 4.74 Å². The minimum absolute atomic E-state index is 0.146. The summed E-state index contributed by atoms with van der Waals surface area (Å²) >= 11 is 0. The topological polar surface area (TPSA) is 32.7 Å². The van der Waals surface area contributed by atoms with Gasteiger partial charge in [0.1, 0.15) is 0 Å². The third-order valence-electron chi connectivity index (χ3n) is 3.76. The van der Waals surface area contributed by atoms with Gasteiger partial charge in [-0.1, -0.05) is 0 Å². The fraction of sp³-hybridized carbons (Fsp3) is 1.00. The molecule has 2 aliphatic heterocycles. The highest BCUT2D eigenvalue weighted by Gasteiger charge is 2.26. The van der Waals surface area contributed by atoms with Gasteiger partial charge in [0, 0.05) is 19.7 Å². The zero-order valence-corrected chi connectivity index (χ0v) is 9.69. The van der Waals surface area contributed by atoms with Crippen LogP contribution in [0.1, 0.15) is 26.2 Å². The van der Waals surface area contributed by atoms with Crippen molar-refractivity contribution in [1.29, 1.82) is 0 Å². The van der Waals surface area contributed by atoms with Gasteiger partial charge in [0.25, 0.3) is 0 Å². The summed E-state index contributed by atoms with van der Waals surface area (Å²) in [5, 5.41) is 9.60. The Balaban J connectivity index is 1.76. The molecule has 88 valence electrons. The molecular formula is C12H23NO2. The lowest BCUT2D eigenvalue weighted by Gasteiger charge is -2.35. The monoisotopic (exact) mass is 213 g/mol. The van der Waals surface area contributed by atoms with Gasteiger partial charge >= 0.3 is 0 Å². The number of rotatable bonds is 3. The van der Waals surface area contributed by atoms with E-state index in [1.807, 2.05) is 6.92 Å². The lowest BCUT2D eigenvalue weighted by Crippen LogP contribution is -2.41. The first-order valence-corrected chi connectivity index (χ1v) is 6.24. The molecule has 3 nitrogen and oxygen atoms in total. The van der Waals surface area contributed by atoms with Crippen LogP contribution < -0.4 is 0 Å². The largest absolute Gasteiger partial charge is 0.393 e. The summed E-state index contributed by atoms with van der Waals surface area (Å²) < 4.78 is 5.40. The van der Waals surface area contributed by atoms with E-state index in [0.29, 0.717) is 5.92 Å². The van der Waals surface area contributed by atoms with E-state index in [0.717, 1.165) is 25.7 Å². The molecule has 0 aromatic rings. The van der Waals surface area contributed by atoms with Crippen LogP contribution in [-0.4, -0.2) is 49.0 Å². The molecule has 15 heavy (non-hydrogen) atoms. The first-order valence-electron chi connectivity index (χ1n) is 6.24. The highest BCUT2D eigenvalue weighted by molar-refractivity contribution is 4.78. The molecule has 1 N–H and O–H groups in total. The molecule has 0 aliphatic carbocycles. The van der Waals surface area contributed by atoms with Crippen molar-refractivity contribution in [3.8, 4) is 0 Å². The lowest BCUT2D eigenvalue weighted by molar-refractivity contribution is 0.0551. The molecule has 0 spiro atoms. The molecule has 0 bridgehead atoms. The summed E-state index contributed by atoms with van der Waals surface area (Å²) in [6, 6.07) is 0. The molecule has 2 fully saturated rings. The fourth-order valence-electron chi connectivity index (χ4n) is 2.74. The van der Waals surface area contributed by atoms with Crippen molar-refractivity contribution in [2.45, 2.75) is 32.3 Å². The lowest BCUT2D eigenvalue weighted by atomic mass is 9.92. The Morgan fingerprint density at radius 3 is 3.00 bits per heavy atom. The highest BCUT2D eigenvalue weighted by atomic mass is 16.5. The predicted octanol–water partition coefficient (Wildman–Crippen LogP) is 1.12. The molecule has 2 rings (SSSR count). The minimum atomic E-state index is -0.146. The van der Waals surface area contributed by atoms with Gasteiger partial charge in [-0.05, 0) is 44.6 Å². The Kier molecular flexibility index (Phi) is 4.00. The smallest absolute Gasteiger partial charge is 0.0552 e. The van der Waals surface area contributed by atoms with Gasteiger partial charge in [-0.2, -0.15) is 0 Å². The average molecular weight is 213 g/mol. The number of nitrogens with zero attached hydrogens (tertiary/aromatic N) is 1. The number of hydrogen-bond donors (Lipinski definition) is 1. The Morgan fingerprint density at radius 2 is 2.33 bits per heavy atom. The number of hydrogen-bond acceptors (Lipinski definition) is 3. The normalized spacial score (nSPS) is 35.6. The third-order valence-corrected chi connectivity index (χ3v) is 3.76. The number of piperidine rings is 1. The molecule has 2 heterocycles. The summed E-state index contributed by atoms with van der Waals surface area (Å²) in [6.07, 6.45) is 3.50. The van der Waals surface area contributed by atoms with Gasteiger partial charge < -0.3 is 14.7 Å². The number of aliphatic hydroxyl groups excluding tert-OH is 1. The first-order chi connectivity index (χ1) is 7.25. The van der Waals surface area contributed by atoms with Crippen molar-refractivity contribution in [3.63, 3.8) is 0 Å². The summed E-state index contributed by atoms with van der Waals surface area (Å²) in [7, 11) is 0. The van der Waals surface area contributed by atoms with Crippen molar-refractivity contribution < 1.29 is 9.84 Å². The standard InChI is InChI=1S/C12H23NO2/c1-10(14)12-3-2-5-13(8-12)7-11-4-6-15-9-11/h10-12,14H,2-9H2,1H3/t10-,11+,12-/m0/s1. The van der Waals surface area contributed by atoms with Gasteiger partial charge in [-0.25, -0.2) is 0 Å². The Morgan fingerprint density at radius 1 is 1.47 bits per heavy atom. The molecule has 0 aromatic heterocycles. The van der Waals surface area contributed by atoms with E-state index in [1.165, 1.54) is 32.4 Å². The molecule has 2 saturated heterocycles. The number of ether oxygens (including phenoxy) is 1. The summed E-state index contributed by atoms with van der Waals surface area (Å²) in [5.74, 6) is 1.22. The highest BCUT2D eigenvalue weighted by Crippen LogP contribution is 2.22. The molecule has 0 radical (unpaired) electrons. The number of aliphatic hydroxyl groups is 1. The third kappa shape index (κ3) is 3.16. The molecule has 0 aromatic carbocycles. The Bertz CT molecular complexity index is 188. The van der Waals surface area contributed by atoms with Crippen molar-refractivity contribution in [3.05, 3.63) is 0 Å². The Labute approximate surface area is 92.4 Å². The molecule has 3 heteroatoms. The van der Waals surface area contributed by atoms with Crippen LogP contribution in [0.5, 0.6) is 0 Å². The van der Waals surface area contributed by atoms with Crippen LogP contribution in [0.3, 0.4) is 0 Å². The number of likely N-dealkylation sites (tertiary alicyclic amines) is 1. The SMILES string of the molecule is C[C@H](O)[C@H]1CCCN(C[C@H]2CCOC2)C1. The maximum absolute atomic E-state index is 9.60. The van der Waals surface area contributed by atoms with Crippen LogP contribution in [0.2, 0.25) is 0 Å². The zero-order valence-electron chi connectivity index (χ0n) is 9.69. The van der Waals surface area contributed by atoms with Gasteiger partial charge in [-0.3, -0.25) is 0 Å². The van der Waals surface area contributed by atoms with Gasteiger partial charge in [0.15, 0.2) is 0 Å². The van der Waals surface area contributed by atoms with Crippen molar-refractivity contribution in [2.75, 3.05) is 32.8 Å². The average Bonchev–Trinajstić information content (AvgIpc) is 2.71. The summed E-state index contributed by atoms with van der Waals surface area (Å²) in [6.45, 7) is 7.26. The molecular weight excluding hydrogens is 190 g/mol. The van der Waals surface area contributed by atoms with Crippen LogP contribution >= 0.6 is 0 Å². The van der Waals surface area contributed by atoms with Crippen LogP contribution in [0.15, 0.2) is 0 Å². The summed E-state index contributed by atoms with van der Waals surface area (Å²) in [5.41, 5.74) is 0. The van der Waals surface area contributed by atoms with Gasteiger partial charge in [0.05, 0.1) is 12.7 Å². The van der Waals surface area contributed by atoms with Crippen LogP contribution in [-0.2, 0) is 4.74 Å². The maximum atomic E-state index is 9.60. The van der Waals surface area contributed by atoms with E-state index in [9.17, 15) is 5.11 Å². The van der Waals surface area contributed by atoms with E-state index in [2.05, 4.69) is 4.90 Å². The van der Waals surface area contributed by atoms with Crippen LogP contribution in [0.4, 0.5) is 0 Å². The van der Waals surface area contributed by atoms with E-state index in [-0.39, 0.29) is 6.10 Å². The molecule has 0 amide bonds. The molecule has 0 saturated carbocycles. The van der Waals surface area contributed by atoms with Crippen molar-refractivity contribution in [1.82, 2.24) is 4.90 Å². The van der Waals surface area contributed by atoms with Gasteiger partial charge in [0.2, 0.25) is 0 Å². The maximum Gasteiger partial charge on any atom is 0.0552 e. The molecule has 0 unspecified atom stereocenters. The molecule has 2 aliphatic rings. The Hall–Kier alpha value is -0.120. The fourth-order valence-corrected chi connectivity index (χ4v) is 2.74. The minimum Gasteiger partial charge on any atom is -0.393 e. The second-order valence-electron chi connectivity index (χ2n) is 5.13. The van der Waals surface area contributed by atoms with E-state index >= 15 is 0 Å². The predicted molar refractivity (Wildman–Crippen MR) is 59.8 cm³/mol. The van der Waals surface area contributed by atoms with Crippen LogP contribution in [0.25, 0.3) is 0 Å². The van der Waals surface area contributed by atoms with Crippen molar-refractivity contribution >= 4 is 0 Å². The second kappa shape index (κ2) is 5.28. The quantitative estimate of drug-likeness (QED) is 0.762. The van der Waals surface area contributed by atoms with E-state index < -0.39 is 0 Å². The van der Waals surface area contributed by atoms with Gasteiger partial charge in [-0.15, -0.1) is 0 Å².